The molecule has 6 heteroatoms. The van der Waals surface area contributed by atoms with Crippen LogP contribution in [0.15, 0.2) is 0 Å². The first-order valence-electron chi connectivity index (χ1n) is 0.478. The molecule has 0 aliphatic rings. The first-order valence-corrected chi connectivity index (χ1v) is 3.20. The molecule has 0 radical (unpaired) electrons. The van der Waals surface area contributed by atoms with Crippen LogP contribution >= 0.6 is 0 Å². The van der Waals surface area contributed by atoms with Crippen molar-refractivity contribution in [3.8, 4) is 0 Å². The molecular weight excluding hydrogens is 243 g/mol. The molecule has 0 aromatic carbocycles. The fourth-order valence-corrected chi connectivity index (χ4v) is 0. The summed E-state index contributed by atoms with van der Waals surface area (Å²) in [6, 6.07) is 0. The van der Waals surface area contributed by atoms with Crippen LogP contribution < -0.4 is 27.9 Å². The summed E-state index contributed by atoms with van der Waals surface area (Å²) in [5.41, 5.74) is 0. The van der Waals surface area contributed by atoms with Gasteiger partial charge in [0.15, 0.2) is 0 Å². The van der Waals surface area contributed by atoms with E-state index in [0.29, 0.717) is 0 Å². The zero-order valence-corrected chi connectivity index (χ0v) is 5.98. The topological polar surface area (TPSA) is 97.9 Å². The van der Waals surface area contributed by atoms with Crippen molar-refractivity contribution in [3.63, 3.8) is 0 Å². The Kier molecular flexibility index (Phi) is 24.7. The summed E-state index contributed by atoms with van der Waals surface area (Å²) in [6.07, 6.45) is 0. The predicted molar refractivity (Wildman–Crippen MR) is 5.83 cm³/mol. The number of rotatable bonds is 0. The van der Waals surface area contributed by atoms with Crippen LogP contribution in [0, 0.1) is 0 Å². The van der Waals surface area contributed by atoms with E-state index < -0.39 is 21.1 Å². The van der Waals surface area contributed by atoms with Gasteiger partial charge in [-0.2, -0.15) is 0 Å². The molecular formula is H3CrIO4. The van der Waals surface area contributed by atoms with Gasteiger partial charge < -0.3 is 12.3 Å². The third kappa shape index (κ3) is 70.7. The minimum atomic E-state index is -3.76. The van der Waals surface area contributed by atoms with Crippen molar-refractivity contribution < 1.29 is 54.2 Å². The van der Waals surface area contributed by atoms with Crippen molar-refractivity contribution >= 4 is 0 Å². The quantitative estimate of drug-likeness (QED) is 0.430. The Morgan fingerprint density at radius 3 is 1.33 bits per heavy atom. The van der Waals surface area contributed by atoms with Crippen molar-refractivity contribution in [1.29, 1.82) is 0 Å². The molecule has 0 heterocycles. The van der Waals surface area contributed by atoms with Crippen LogP contribution in [0.4, 0.5) is 0 Å². The zero-order chi connectivity index (χ0) is 3.58. The normalized spacial score (nSPS) is 6.00. The minimum Gasteiger partial charge on any atom is -0.412 e. The maximum atomic E-state index is 8.68. The van der Waals surface area contributed by atoms with Gasteiger partial charge in [-0.15, -0.1) is 0 Å². The van der Waals surface area contributed by atoms with Gasteiger partial charge in [-0.05, 0) is 3.44 Å². The Bertz CT molecular complexity index is 12.3. The van der Waals surface area contributed by atoms with E-state index in [9.17, 15) is 0 Å². The third-order valence-corrected chi connectivity index (χ3v) is 0. The Hall–Kier alpha value is 1.10. The molecule has 0 amide bonds. The fraction of sp³-hybridized carbons (Fsp3) is 0. The summed E-state index contributed by atoms with van der Waals surface area (Å²) in [7, 11) is 0. The van der Waals surface area contributed by atoms with Gasteiger partial charge in [0.1, 0.15) is 0 Å². The summed E-state index contributed by atoms with van der Waals surface area (Å²) in [6.45, 7) is 0. The summed E-state index contributed by atoms with van der Waals surface area (Å²) in [5.74, 6) is 0. The van der Waals surface area contributed by atoms with Crippen LogP contribution in [0.2, 0.25) is 0 Å². The Balaban J connectivity index is -0.0000000450. The molecule has 0 atom stereocenters. The average Bonchev–Trinajstić information content (AvgIpc) is 0.811. The van der Waals surface area contributed by atoms with E-state index in [-0.39, 0.29) is 22.8 Å². The Morgan fingerprint density at radius 2 is 1.33 bits per heavy atom. The summed E-state index contributed by atoms with van der Waals surface area (Å²) in [4.78, 5) is 0. The van der Waals surface area contributed by atoms with E-state index in [2.05, 4.69) is 0 Å². The molecule has 0 fully saturated rings. The van der Waals surface area contributed by atoms with Gasteiger partial charge in [0.2, 0.25) is 0 Å². The molecule has 3 N–H and O–H groups in total. The standard InChI is InChI=1S/Cr.HIO3.H2O/c;2-1(3)4;/h;2H;1H2. The minimum absolute atomic E-state index is 0. The molecule has 0 aliphatic carbocycles. The van der Waals surface area contributed by atoms with E-state index in [1.165, 1.54) is 0 Å². The molecule has 40 valence electrons. The SMILES string of the molecule is O.[Cr].[O-][I+2]([O-])O. The first kappa shape index (κ1) is 15.7. The average molecular weight is 246 g/mol. The zero-order valence-electron chi connectivity index (χ0n) is 2.55. The molecule has 0 spiro atoms. The fourth-order valence-electron chi connectivity index (χ4n) is 0. The molecule has 0 bridgehead atoms. The van der Waals surface area contributed by atoms with Crippen molar-refractivity contribution in [1.82, 2.24) is 0 Å². The van der Waals surface area contributed by atoms with Crippen molar-refractivity contribution in [2.45, 2.75) is 0 Å². The second-order valence-corrected chi connectivity index (χ2v) is 1.35. The van der Waals surface area contributed by atoms with E-state index >= 15 is 0 Å². The molecule has 0 aromatic rings. The van der Waals surface area contributed by atoms with Crippen LogP contribution in [-0.2, 0) is 17.4 Å². The largest absolute Gasteiger partial charge is 0.503 e. The van der Waals surface area contributed by atoms with E-state index in [1.807, 2.05) is 0 Å². The summed E-state index contributed by atoms with van der Waals surface area (Å²) >= 11 is -3.76. The second-order valence-electron chi connectivity index (χ2n) is 0.201. The van der Waals surface area contributed by atoms with Gasteiger partial charge in [-0.1, -0.05) is 0 Å². The van der Waals surface area contributed by atoms with Crippen LogP contribution in [0.5, 0.6) is 0 Å². The summed E-state index contributed by atoms with van der Waals surface area (Å²) in [5, 5.41) is 0. The summed E-state index contributed by atoms with van der Waals surface area (Å²) < 4.78 is 24.5. The van der Waals surface area contributed by atoms with E-state index in [4.69, 9.17) is 10.3 Å². The van der Waals surface area contributed by atoms with Crippen molar-refractivity contribution in [2.75, 3.05) is 0 Å². The van der Waals surface area contributed by atoms with Crippen LogP contribution in [0.25, 0.3) is 0 Å². The Morgan fingerprint density at radius 1 is 1.33 bits per heavy atom. The van der Waals surface area contributed by atoms with Gasteiger partial charge in [0.25, 0.3) is 0 Å². The van der Waals surface area contributed by atoms with Gasteiger partial charge in [-0.3, -0.25) is 0 Å². The molecule has 0 aliphatic heterocycles. The monoisotopic (exact) mass is 246 g/mol. The third-order valence-electron chi connectivity index (χ3n) is 0. The maximum absolute atomic E-state index is 8.68. The first-order chi connectivity index (χ1) is 1.73. The molecule has 0 unspecified atom stereocenters. The van der Waals surface area contributed by atoms with Crippen LogP contribution in [0.1, 0.15) is 0 Å². The van der Waals surface area contributed by atoms with Crippen molar-refractivity contribution in [3.05, 3.63) is 0 Å². The number of hydrogen-bond acceptors (Lipinski definition) is 3. The number of halogens is 1. The molecule has 0 saturated carbocycles. The maximum Gasteiger partial charge on any atom is 0.503 e. The van der Waals surface area contributed by atoms with Gasteiger partial charge in [0.05, 0.1) is 0 Å². The predicted octanol–water partition coefficient (Wildman–Crippen LogP) is -6.76. The molecule has 0 rings (SSSR count). The molecule has 0 aromatic heterocycles. The molecule has 6 heavy (non-hydrogen) atoms. The van der Waals surface area contributed by atoms with E-state index in [0.717, 1.165) is 0 Å². The van der Waals surface area contributed by atoms with Gasteiger partial charge >= 0.3 is 21.1 Å². The molecule has 4 nitrogen and oxygen atoms in total. The Labute approximate surface area is 54.3 Å². The van der Waals surface area contributed by atoms with Crippen molar-refractivity contribution in [2.24, 2.45) is 0 Å². The smallest absolute Gasteiger partial charge is 0.412 e. The van der Waals surface area contributed by atoms with Crippen LogP contribution in [0.3, 0.4) is 0 Å². The van der Waals surface area contributed by atoms with Gasteiger partial charge in [0, 0.05) is 17.4 Å². The number of hydrogen-bond donors (Lipinski definition) is 1. The second kappa shape index (κ2) is 9.44. The van der Waals surface area contributed by atoms with Crippen LogP contribution in [-0.4, -0.2) is 8.91 Å². The molecule has 0 saturated heterocycles. The van der Waals surface area contributed by atoms with E-state index in [1.54, 1.807) is 0 Å². The van der Waals surface area contributed by atoms with Gasteiger partial charge in [-0.25, -0.2) is 0 Å².